The van der Waals surface area contributed by atoms with E-state index >= 15 is 0 Å². The van der Waals surface area contributed by atoms with E-state index in [-0.39, 0.29) is 28.1 Å². The second-order valence-corrected chi connectivity index (χ2v) is 10.2. The zero-order valence-electron chi connectivity index (χ0n) is 19.1. The second kappa shape index (κ2) is 9.42. The summed E-state index contributed by atoms with van der Waals surface area (Å²) in [6, 6.07) is 15.9. The molecule has 0 saturated carbocycles. The quantitative estimate of drug-likeness (QED) is 0.558. The van der Waals surface area contributed by atoms with Gasteiger partial charge in [0.2, 0.25) is 15.7 Å². The number of para-hydroxylation sites is 1. The molecule has 0 bridgehead atoms. The van der Waals surface area contributed by atoms with Crippen LogP contribution in [-0.2, 0) is 21.2 Å². The summed E-state index contributed by atoms with van der Waals surface area (Å²) in [4.78, 5) is 29.5. The number of rotatable bonds is 5. The Bertz CT molecular complexity index is 1380. The van der Waals surface area contributed by atoms with Crippen molar-refractivity contribution in [1.29, 1.82) is 0 Å². The summed E-state index contributed by atoms with van der Waals surface area (Å²) in [5, 5.41) is 0. The number of carbonyl (C=O) groups is 1. The molecule has 0 spiro atoms. The van der Waals surface area contributed by atoms with Crippen molar-refractivity contribution in [3.63, 3.8) is 0 Å². The average Bonchev–Trinajstić information content (AvgIpc) is 2.82. The van der Waals surface area contributed by atoms with Gasteiger partial charge in [-0.1, -0.05) is 30.3 Å². The summed E-state index contributed by atoms with van der Waals surface area (Å²) in [5.41, 5.74) is 0.636. The lowest BCUT2D eigenvalue weighted by Gasteiger charge is -2.36. The van der Waals surface area contributed by atoms with E-state index in [0.717, 1.165) is 0 Å². The van der Waals surface area contributed by atoms with Crippen molar-refractivity contribution in [1.82, 2.24) is 9.47 Å². The number of pyridine rings is 1. The summed E-state index contributed by atoms with van der Waals surface area (Å²) in [6.07, 6.45) is 0. The fourth-order valence-corrected chi connectivity index (χ4v) is 5.86. The van der Waals surface area contributed by atoms with Gasteiger partial charge in [0.15, 0.2) is 0 Å². The summed E-state index contributed by atoms with van der Waals surface area (Å²) in [6.45, 7) is 4.67. The molecule has 4 rings (SSSR count). The fourth-order valence-electron chi connectivity index (χ4n) is 4.29. The number of hydrogen-bond donors (Lipinski definition) is 0. The number of nitrogens with zero attached hydrogens (tertiary/aromatic N) is 3. The number of benzene rings is 2. The number of carbonyl (C=O) groups excluding carboxylic acids is 1. The molecule has 3 aromatic rings. The van der Waals surface area contributed by atoms with Crippen molar-refractivity contribution >= 4 is 21.4 Å². The molecular weight excluding hydrogens is 457 g/mol. The molecule has 0 radical (unpaired) electrons. The Morgan fingerprint density at radius 2 is 1.56 bits per heavy atom. The number of hydrogen-bond acceptors (Lipinski definition) is 5. The van der Waals surface area contributed by atoms with Crippen molar-refractivity contribution in [3.05, 3.63) is 88.1 Å². The number of amides is 1. The number of aryl methyl sites for hydroxylation is 2. The Balaban J connectivity index is 1.56. The molecule has 178 valence electrons. The second-order valence-electron chi connectivity index (χ2n) is 8.32. The van der Waals surface area contributed by atoms with Gasteiger partial charge < -0.3 is 14.4 Å². The van der Waals surface area contributed by atoms with E-state index in [0.29, 0.717) is 43.1 Å². The zero-order chi connectivity index (χ0) is 24.5. The Labute approximate surface area is 198 Å². The molecule has 1 aromatic heterocycles. The lowest BCUT2D eigenvalue weighted by atomic mass is 10.2. The average molecular weight is 484 g/mol. The summed E-state index contributed by atoms with van der Waals surface area (Å²) >= 11 is 0. The zero-order valence-corrected chi connectivity index (χ0v) is 19.9. The molecule has 7 nitrogen and oxygen atoms in total. The van der Waals surface area contributed by atoms with Crippen LogP contribution < -0.4 is 10.5 Å². The first-order chi connectivity index (χ1) is 16.2. The van der Waals surface area contributed by atoms with E-state index in [2.05, 4.69) is 0 Å². The maximum Gasteiger partial charge on any atom is 0.270 e. The number of halogens is 1. The molecule has 2 aromatic carbocycles. The smallest absolute Gasteiger partial charge is 0.270 e. The molecular formula is C25H26FN3O4S. The maximum atomic E-state index is 14.1. The van der Waals surface area contributed by atoms with E-state index in [1.54, 1.807) is 61.2 Å². The highest BCUT2D eigenvalue weighted by atomic mass is 32.2. The van der Waals surface area contributed by atoms with Crippen LogP contribution in [0, 0.1) is 19.7 Å². The largest absolute Gasteiger partial charge is 0.366 e. The summed E-state index contributed by atoms with van der Waals surface area (Å²) in [5.74, 6) is -0.596. The molecule has 2 heterocycles. The van der Waals surface area contributed by atoms with Crippen LogP contribution >= 0.6 is 0 Å². The minimum Gasteiger partial charge on any atom is -0.366 e. The normalized spacial score (nSPS) is 14.3. The number of sulfone groups is 1. The molecule has 1 amide bonds. The van der Waals surface area contributed by atoms with Crippen LogP contribution in [-0.4, -0.2) is 50.0 Å². The van der Waals surface area contributed by atoms with Gasteiger partial charge in [0.25, 0.3) is 5.56 Å². The van der Waals surface area contributed by atoms with Gasteiger partial charge in [-0.15, -0.1) is 0 Å². The first-order valence-electron chi connectivity index (χ1n) is 11.0. The number of piperazine rings is 1. The molecule has 0 unspecified atom stereocenters. The lowest BCUT2D eigenvalue weighted by Crippen LogP contribution is -2.50. The molecule has 9 heteroatoms. The van der Waals surface area contributed by atoms with E-state index in [4.69, 9.17) is 0 Å². The third kappa shape index (κ3) is 4.48. The van der Waals surface area contributed by atoms with Crippen LogP contribution in [0.2, 0.25) is 0 Å². The third-order valence-corrected chi connectivity index (χ3v) is 8.02. The van der Waals surface area contributed by atoms with Crippen LogP contribution in [0.25, 0.3) is 0 Å². The minimum atomic E-state index is -4.04. The van der Waals surface area contributed by atoms with E-state index in [9.17, 15) is 22.4 Å². The first-order valence-corrected chi connectivity index (χ1v) is 12.5. The summed E-state index contributed by atoms with van der Waals surface area (Å²) in [7, 11) is -4.04. The van der Waals surface area contributed by atoms with Crippen LogP contribution in [0.3, 0.4) is 0 Å². The van der Waals surface area contributed by atoms with Gasteiger partial charge in [0, 0.05) is 31.9 Å². The van der Waals surface area contributed by atoms with Crippen LogP contribution in [0.1, 0.15) is 11.3 Å². The van der Waals surface area contributed by atoms with Crippen molar-refractivity contribution in [3.8, 4) is 0 Å². The Hall–Kier alpha value is -3.46. The SMILES string of the molecule is Cc1cc(C)n(CC(=O)N2CCN(c3ccccc3F)CC2)c(=O)c1S(=O)(=O)c1ccccc1. The predicted octanol–water partition coefficient (Wildman–Crippen LogP) is 2.79. The van der Waals surface area contributed by atoms with Gasteiger partial charge >= 0.3 is 0 Å². The Morgan fingerprint density at radius 3 is 2.21 bits per heavy atom. The molecule has 0 atom stereocenters. The standard InChI is InChI=1S/C25H26FN3O4S/c1-18-16-19(2)29(25(31)24(18)34(32,33)20-8-4-3-5-9-20)17-23(30)28-14-12-27(13-15-28)22-11-7-6-10-21(22)26/h3-11,16H,12-15,17H2,1-2H3. The van der Waals surface area contributed by atoms with Gasteiger partial charge in [-0.25, -0.2) is 12.8 Å². The molecule has 1 aliphatic rings. The molecule has 1 saturated heterocycles. The molecule has 1 aliphatic heterocycles. The predicted molar refractivity (Wildman–Crippen MR) is 127 cm³/mol. The van der Waals surface area contributed by atoms with Crippen LogP contribution in [0.5, 0.6) is 0 Å². The maximum absolute atomic E-state index is 14.1. The third-order valence-electron chi connectivity index (χ3n) is 6.09. The summed E-state index contributed by atoms with van der Waals surface area (Å²) < 4.78 is 41.7. The molecule has 1 fully saturated rings. The van der Waals surface area contributed by atoms with Crippen LogP contribution in [0.15, 0.2) is 75.2 Å². The van der Waals surface area contributed by atoms with Crippen molar-refractivity contribution in [2.75, 3.05) is 31.1 Å². The highest BCUT2D eigenvalue weighted by Gasteiger charge is 2.28. The Kier molecular flexibility index (Phi) is 6.56. The van der Waals surface area contributed by atoms with Crippen molar-refractivity contribution < 1.29 is 17.6 Å². The minimum absolute atomic E-state index is 0.0289. The number of aromatic nitrogens is 1. The van der Waals surface area contributed by atoms with Gasteiger partial charge in [0.05, 0.1) is 10.6 Å². The lowest BCUT2D eigenvalue weighted by molar-refractivity contribution is -0.132. The monoisotopic (exact) mass is 483 g/mol. The van der Waals surface area contributed by atoms with E-state index < -0.39 is 15.4 Å². The fraction of sp³-hybridized carbons (Fsp3) is 0.280. The van der Waals surface area contributed by atoms with Gasteiger partial charge in [0.1, 0.15) is 17.3 Å². The van der Waals surface area contributed by atoms with Crippen molar-refractivity contribution in [2.45, 2.75) is 30.2 Å². The first kappa shape index (κ1) is 23.7. The Morgan fingerprint density at radius 1 is 0.941 bits per heavy atom. The molecule has 34 heavy (non-hydrogen) atoms. The molecule has 0 N–H and O–H groups in total. The van der Waals surface area contributed by atoms with Crippen LogP contribution in [0.4, 0.5) is 10.1 Å². The van der Waals surface area contributed by atoms with Gasteiger partial charge in [-0.05, 0) is 49.7 Å². The van der Waals surface area contributed by atoms with Crippen molar-refractivity contribution in [2.24, 2.45) is 0 Å². The van der Waals surface area contributed by atoms with E-state index in [1.807, 2.05) is 4.90 Å². The van der Waals surface area contributed by atoms with Gasteiger partial charge in [-0.3, -0.25) is 9.59 Å². The van der Waals surface area contributed by atoms with Gasteiger partial charge in [-0.2, -0.15) is 0 Å². The highest BCUT2D eigenvalue weighted by Crippen LogP contribution is 2.22. The van der Waals surface area contributed by atoms with E-state index in [1.165, 1.54) is 22.8 Å². The number of anilines is 1. The highest BCUT2D eigenvalue weighted by molar-refractivity contribution is 7.91. The molecule has 0 aliphatic carbocycles. The topological polar surface area (TPSA) is 79.7 Å².